The maximum atomic E-state index is 12.8. The largest absolute Gasteiger partial charge is 0.319 e. The van der Waals surface area contributed by atoms with Crippen molar-refractivity contribution in [1.82, 2.24) is 5.01 Å². The summed E-state index contributed by atoms with van der Waals surface area (Å²) in [6.07, 6.45) is 1.87. The first-order valence-corrected chi connectivity index (χ1v) is 11.5. The van der Waals surface area contributed by atoms with E-state index in [1.165, 1.54) is 5.01 Å². The number of nitrogens with one attached hydrogen (secondary N) is 1. The number of sulfone groups is 1. The third-order valence-corrected chi connectivity index (χ3v) is 7.14. The lowest BCUT2D eigenvalue weighted by atomic mass is 10.1. The van der Waals surface area contributed by atoms with Crippen molar-refractivity contribution in [2.24, 2.45) is 5.10 Å². The Hall–Kier alpha value is -2.75. The number of carbonyl (C=O) groups excluding carboxylic acids is 3. The van der Waals surface area contributed by atoms with Gasteiger partial charge in [-0.05, 0) is 25.0 Å². The van der Waals surface area contributed by atoms with Crippen molar-refractivity contribution in [2.75, 3.05) is 28.3 Å². The van der Waals surface area contributed by atoms with Crippen molar-refractivity contribution in [1.29, 1.82) is 0 Å². The molecule has 0 radical (unpaired) electrons. The molecule has 0 aliphatic carbocycles. The first kappa shape index (κ1) is 19.6. The molecule has 0 bridgehead atoms. The van der Waals surface area contributed by atoms with Crippen LogP contribution in [0.2, 0.25) is 0 Å². The first-order chi connectivity index (χ1) is 13.8. The van der Waals surface area contributed by atoms with Crippen LogP contribution in [-0.2, 0) is 24.2 Å². The van der Waals surface area contributed by atoms with E-state index in [0.717, 1.165) is 6.42 Å². The minimum absolute atomic E-state index is 0.0147. The fraction of sp³-hybridized carbons (Fsp3) is 0.474. The maximum absolute atomic E-state index is 12.8. The van der Waals surface area contributed by atoms with Crippen LogP contribution in [0.15, 0.2) is 29.4 Å². The number of amides is 3. The van der Waals surface area contributed by atoms with E-state index in [9.17, 15) is 22.8 Å². The molecular weight excluding hydrogens is 396 g/mol. The number of nitrogens with zero attached hydrogens (tertiary/aromatic N) is 3. The Kier molecular flexibility index (Phi) is 5.12. The van der Waals surface area contributed by atoms with Crippen molar-refractivity contribution in [3.63, 3.8) is 0 Å². The molecule has 0 aromatic heterocycles. The molecule has 3 aliphatic heterocycles. The standard InChI is InChI=1S/C19H22N4O5S/c24-17-6-3-10-22(17)16-5-2-1-4-14(16)20-19(26)15-7-8-18(25)23(21-15)13-9-11-29(27,28)12-13/h1-2,4-5,13H,3,6-12H2,(H,20,26). The molecule has 9 nitrogen and oxygen atoms in total. The van der Waals surface area contributed by atoms with E-state index in [1.54, 1.807) is 29.2 Å². The number of hydrazone groups is 1. The Labute approximate surface area is 168 Å². The number of carbonyl (C=O) groups is 3. The predicted octanol–water partition coefficient (Wildman–Crippen LogP) is 0.917. The Bertz CT molecular complexity index is 1000. The molecule has 2 fully saturated rings. The maximum Gasteiger partial charge on any atom is 0.271 e. The van der Waals surface area contributed by atoms with Crippen molar-refractivity contribution in [3.8, 4) is 0 Å². The molecule has 1 aromatic carbocycles. The van der Waals surface area contributed by atoms with Crippen LogP contribution in [-0.4, -0.2) is 61.0 Å². The summed E-state index contributed by atoms with van der Waals surface area (Å²) in [5.41, 5.74) is 1.31. The van der Waals surface area contributed by atoms with Gasteiger partial charge in [-0.2, -0.15) is 5.10 Å². The lowest BCUT2D eigenvalue weighted by molar-refractivity contribution is -0.133. The Morgan fingerprint density at radius 2 is 1.90 bits per heavy atom. The van der Waals surface area contributed by atoms with E-state index in [-0.39, 0.29) is 41.9 Å². The van der Waals surface area contributed by atoms with Gasteiger partial charge in [-0.1, -0.05) is 12.1 Å². The predicted molar refractivity (Wildman–Crippen MR) is 107 cm³/mol. The fourth-order valence-electron chi connectivity index (χ4n) is 3.90. The van der Waals surface area contributed by atoms with Crippen LogP contribution in [0.3, 0.4) is 0 Å². The molecule has 3 heterocycles. The zero-order valence-electron chi connectivity index (χ0n) is 15.8. The summed E-state index contributed by atoms with van der Waals surface area (Å²) in [6.45, 7) is 0.602. The van der Waals surface area contributed by atoms with E-state index in [1.807, 2.05) is 0 Å². The molecule has 0 saturated carbocycles. The summed E-state index contributed by atoms with van der Waals surface area (Å²) >= 11 is 0. The van der Waals surface area contributed by atoms with Gasteiger partial charge in [0.2, 0.25) is 11.8 Å². The van der Waals surface area contributed by atoms with Gasteiger partial charge in [0.05, 0.1) is 28.9 Å². The van der Waals surface area contributed by atoms with E-state index < -0.39 is 21.8 Å². The molecule has 0 spiro atoms. The second-order valence-electron chi connectivity index (χ2n) is 7.46. The van der Waals surface area contributed by atoms with Crippen LogP contribution in [0, 0.1) is 0 Å². The summed E-state index contributed by atoms with van der Waals surface area (Å²) in [4.78, 5) is 38.8. The normalized spacial score (nSPS) is 24.0. The lowest BCUT2D eigenvalue weighted by Crippen LogP contribution is -2.42. The highest BCUT2D eigenvalue weighted by Crippen LogP contribution is 2.30. The molecule has 10 heteroatoms. The van der Waals surface area contributed by atoms with Gasteiger partial charge in [0, 0.05) is 25.8 Å². The number of anilines is 2. The highest BCUT2D eigenvalue weighted by Gasteiger charge is 2.37. The average molecular weight is 418 g/mol. The molecular formula is C19H22N4O5S. The first-order valence-electron chi connectivity index (χ1n) is 9.65. The van der Waals surface area contributed by atoms with Crippen LogP contribution in [0.25, 0.3) is 0 Å². The van der Waals surface area contributed by atoms with Crippen LogP contribution in [0.1, 0.15) is 32.1 Å². The summed E-state index contributed by atoms with van der Waals surface area (Å²) in [5, 5.41) is 8.16. The van der Waals surface area contributed by atoms with E-state index in [4.69, 9.17) is 0 Å². The summed E-state index contributed by atoms with van der Waals surface area (Å²) < 4.78 is 23.5. The minimum atomic E-state index is -3.18. The number of rotatable bonds is 4. The SMILES string of the molecule is O=C(Nc1ccccc1N1CCCC1=O)C1=NN(C2CCS(=O)(=O)C2)C(=O)CC1. The average Bonchev–Trinajstić information content (AvgIpc) is 3.27. The quantitative estimate of drug-likeness (QED) is 0.780. The van der Waals surface area contributed by atoms with Gasteiger partial charge in [-0.15, -0.1) is 0 Å². The third-order valence-electron chi connectivity index (χ3n) is 5.39. The van der Waals surface area contributed by atoms with Crippen LogP contribution in [0.5, 0.6) is 0 Å². The Balaban J connectivity index is 1.54. The number of benzene rings is 1. The lowest BCUT2D eigenvalue weighted by Gasteiger charge is -2.27. The molecule has 1 aromatic rings. The van der Waals surface area contributed by atoms with Crippen molar-refractivity contribution in [2.45, 2.75) is 38.1 Å². The summed E-state index contributed by atoms with van der Waals surface area (Å²) in [5.74, 6) is -0.817. The molecule has 4 rings (SSSR count). The van der Waals surface area contributed by atoms with Gasteiger partial charge in [0.1, 0.15) is 5.71 Å². The van der Waals surface area contributed by atoms with E-state index in [0.29, 0.717) is 30.8 Å². The molecule has 29 heavy (non-hydrogen) atoms. The monoisotopic (exact) mass is 418 g/mol. The second-order valence-corrected chi connectivity index (χ2v) is 9.69. The van der Waals surface area contributed by atoms with Crippen LogP contribution >= 0.6 is 0 Å². The highest BCUT2D eigenvalue weighted by atomic mass is 32.2. The Morgan fingerprint density at radius 3 is 2.59 bits per heavy atom. The zero-order valence-corrected chi connectivity index (χ0v) is 16.7. The molecule has 2 saturated heterocycles. The van der Waals surface area contributed by atoms with E-state index in [2.05, 4.69) is 10.4 Å². The number of hydrogen-bond donors (Lipinski definition) is 1. The van der Waals surface area contributed by atoms with Gasteiger partial charge in [0.15, 0.2) is 9.84 Å². The van der Waals surface area contributed by atoms with Gasteiger partial charge in [0.25, 0.3) is 5.91 Å². The van der Waals surface area contributed by atoms with Gasteiger partial charge in [-0.3, -0.25) is 14.4 Å². The zero-order chi connectivity index (χ0) is 20.6. The molecule has 1 atom stereocenters. The van der Waals surface area contributed by atoms with Crippen molar-refractivity contribution in [3.05, 3.63) is 24.3 Å². The topological polar surface area (TPSA) is 116 Å². The third kappa shape index (κ3) is 4.02. The molecule has 3 aliphatic rings. The van der Waals surface area contributed by atoms with Crippen LogP contribution < -0.4 is 10.2 Å². The van der Waals surface area contributed by atoms with Gasteiger partial charge >= 0.3 is 0 Å². The minimum Gasteiger partial charge on any atom is -0.319 e. The van der Waals surface area contributed by atoms with Crippen molar-refractivity contribution >= 4 is 44.6 Å². The second kappa shape index (κ2) is 7.58. The number of para-hydroxylation sites is 2. The number of hydrogen-bond acceptors (Lipinski definition) is 6. The fourth-order valence-corrected chi connectivity index (χ4v) is 5.59. The Morgan fingerprint density at radius 1 is 1.10 bits per heavy atom. The summed E-state index contributed by atoms with van der Waals surface area (Å²) in [6, 6.07) is 6.54. The van der Waals surface area contributed by atoms with Crippen molar-refractivity contribution < 1.29 is 22.8 Å². The molecule has 1 N–H and O–H groups in total. The van der Waals surface area contributed by atoms with E-state index >= 15 is 0 Å². The van der Waals surface area contributed by atoms with Gasteiger partial charge < -0.3 is 10.2 Å². The molecule has 3 amide bonds. The molecule has 154 valence electrons. The highest BCUT2D eigenvalue weighted by molar-refractivity contribution is 7.91. The molecule has 1 unspecified atom stereocenters. The van der Waals surface area contributed by atoms with Crippen LogP contribution in [0.4, 0.5) is 11.4 Å². The van der Waals surface area contributed by atoms with Gasteiger partial charge in [-0.25, -0.2) is 13.4 Å². The summed E-state index contributed by atoms with van der Waals surface area (Å²) in [7, 11) is -3.18. The smallest absolute Gasteiger partial charge is 0.271 e.